The summed E-state index contributed by atoms with van der Waals surface area (Å²) in [4.78, 5) is 51.0. The normalized spacial score (nSPS) is 18.6. The van der Waals surface area contributed by atoms with E-state index in [0.29, 0.717) is 11.3 Å². The van der Waals surface area contributed by atoms with Gasteiger partial charge in [-0.1, -0.05) is 12.1 Å². The molecular formula is C19H20N2O8. The fraction of sp³-hybridized carbons (Fsp3) is 0.368. The molecule has 0 aromatic heterocycles. The van der Waals surface area contributed by atoms with E-state index >= 15 is 0 Å². The minimum absolute atomic E-state index is 0.0265. The van der Waals surface area contributed by atoms with Gasteiger partial charge in [0.2, 0.25) is 6.79 Å². The van der Waals surface area contributed by atoms with Gasteiger partial charge in [0.05, 0.1) is 17.6 Å². The lowest BCUT2D eigenvalue weighted by Crippen LogP contribution is -2.36. The third kappa shape index (κ3) is 4.84. The van der Waals surface area contributed by atoms with Gasteiger partial charge in [-0.2, -0.15) is 0 Å². The zero-order valence-electron chi connectivity index (χ0n) is 16.3. The number of nitro benzene ring substituents is 1. The predicted octanol–water partition coefficient (Wildman–Crippen LogP) is 2.28. The smallest absolute Gasteiger partial charge is 0.339 e. The Morgan fingerprint density at radius 3 is 2.48 bits per heavy atom. The molecule has 10 nitrogen and oxygen atoms in total. The standard InChI is InChI=1S/C19H20N2O8/c1-10-15(18(23)27-4)17(13-6-5-7-14(8-13)21(25)26)16(11(2)20-10)19(24)29-9-28-12(3)22/h5-8,15,17H,9H2,1-4H3. The van der Waals surface area contributed by atoms with Gasteiger partial charge in [0.1, 0.15) is 5.92 Å². The number of ether oxygens (including phenoxy) is 3. The highest BCUT2D eigenvalue weighted by molar-refractivity contribution is 6.07. The second kappa shape index (κ2) is 9.09. The van der Waals surface area contributed by atoms with Crippen LogP contribution in [-0.4, -0.2) is 42.4 Å². The Hall–Kier alpha value is -3.56. The molecule has 0 saturated carbocycles. The van der Waals surface area contributed by atoms with E-state index in [0.717, 1.165) is 6.92 Å². The lowest BCUT2D eigenvalue weighted by atomic mass is 9.75. The molecule has 0 amide bonds. The van der Waals surface area contributed by atoms with Crippen molar-refractivity contribution in [3.63, 3.8) is 0 Å². The Kier molecular flexibility index (Phi) is 6.81. The number of carbonyl (C=O) groups excluding carboxylic acids is 3. The first-order chi connectivity index (χ1) is 13.7. The number of non-ortho nitro benzene ring substituents is 1. The molecule has 0 spiro atoms. The summed E-state index contributed by atoms with van der Waals surface area (Å²) in [6.07, 6.45) is 0. The highest BCUT2D eigenvalue weighted by Crippen LogP contribution is 2.40. The Bertz CT molecular complexity index is 919. The van der Waals surface area contributed by atoms with E-state index in [4.69, 9.17) is 9.47 Å². The Balaban J connectivity index is 2.56. The van der Waals surface area contributed by atoms with Crippen molar-refractivity contribution in [2.75, 3.05) is 13.9 Å². The molecule has 0 radical (unpaired) electrons. The molecule has 0 saturated heterocycles. The summed E-state index contributed by atoms with van der Waals surface area (Å²) in [5.74, 6) is -4.05. The van der Waals surface area contributed by atoms with Gasteiger partial charge in [-0.25, -0.2) is 4.79 Å². The van der Waals surface area contributed by atoms with Gasteiger partial charge >= 0.3 is 17.9 Å². The van der Waals surface area contributed by atoms with Gasteiger partial charge in [0.25, 0.3) is 5.69 Å². The number of nitrogens with zero attached hydrogens (tertiary/aromatic N) is 2. The second-order valence-corrected chi connectivity index (χ2v) is 6.27. The van der Waals surface area contributed by atoms with Gasteiger partial charge in [-0.15, -0.1) is 0 Å². The van der Waals surface area contributed by atoms with Gasteiger partial charge < -0.3 is 14.2 Å². The minimum Gasteiger partial charge on any atom is -0.468 e. The van der Waals surface area contributed by atoms with Crippen molar-refractivity contribution in [2.24, 2.45) is 10.9 Å². The Morgan fingerprint density at radius 2 is 1.90 bits per heavy atom. The zero-order chi connectivity index (χ0) is 21.7. The molecule has 29 heavy (non-hydrogen) atoms. The van der Waals surface area contributed by atoms with Gasteiger partial charge in [-0.3, -0.25) is 24.7 Å². The molecule has 2 unspecified atom stereocenters. The van der Waals surface area contributed by atoms with Crippen LogP contribution < -0.4 is 0 Å². The van der Waals surface area contributed by atoms with Crippen molar-refractivity contribution in [1.82, 2.24) is 0 Å². The maximum atomic E-state index is 12.7. The molecule has 1 heterocycles. The number of methoxy groups -OCH3 is 1. The number of benzene rings is 1. The van der Waals surface area contributed by atoms with Crippen molar-refractivity contribution in [3.05, 3.63) is 51.2 Å². The summed E-state index contributed by atoms with van der Waals surface area (Å²) in [5, 5.41) is 11.2. The van der Waals surface area contributed by atoms with Crippen LogP contribution in [0.5, 0.6) is 0 Å². The Labute approximate surface area is 166 Å². The number of carbonyl (C=O) groups is 3. The van der Waals surface area contributed by atoms with Crippen molar-refractivity contribution in [3.8, 4) is 0 Å². The summed E-state index contributed by atoms with van der Waals surface area (Å²) >= 11 is 0. The molecule has 0 fully saturated rings. The fourth-order valence-electron chi connectivity index (χ4n) is 3.17. The van der Waals surface area contributed by atoms with Crippen LogP contribution in [0.1, 0.15) is 32.3 Å². The van der Waals surface area contributed by atoms with Crippen LogP contribution in [0.3, 0.4) is 0 Å². The number of nitro groups is 1. The highest BCUT2D eigenvalue weighted by Gasteiger charge is 2.42. The molecule has 1 aromatic rings. The van der Waals surface area contributed by atoms with Crippen molar-refractivity contribution in [2.45, 2.75) is 26.7 Å². The van der Waals surface area contributed by atoms with Crippen molar-refractivity contribution < 1.29 is 33.5 Å². The minimum atomic E-state index is -0.984. The molecule has 2 atom stereocenters. The number of aliphatic imine (C=N–C) groups is 1. The number of rotatable bonds is 6. The van der Waals surface area contributed by atoms with E-state index in [1.807, 2.05) is 0 Å². The van der Waals surface area contributed by atoms with Crippen LogP contribution in [0.4, 0.5) is 5.69 Å². The lowest BCUT2D eigenvalue weighted by molar-refractivity contribution is -0.384. The second-order valence-electron chi connectivity index (χ2n) is 6.27. The van der Waals surface area contributed by atoms with Gasteiger partial charge in [0.15, 0.2) is 0 Å². The molecule has 10 heteroatoms. The molecule has 154 valence electrons. The first kappa shape index (κ1) is 21.7. The van der Waals surface area contributed by atoms with E-state index < -0.39 is 41.5 Å². The quantitative estimate of drug-likeness (QED) is 0.305. The molecule has 0 N–H and O–H groups in total. The predicted molar refractivity (Wildman–Crippen MR) is 99.9 cm³/mol. The molecule has 1 aliphatic heterocycles. The number of allylic oxidation sites excluding steroid dienone is 1. The van der Waals surface area contributed by atoms with E-state index in [-0.39, 0.29) is 17.0 Å². The Morgan fingerprint density at radius 1 is 1.21 bits per heavy atom. The molecule has 0 aliphatic carbocycles. The summed E-state index contributed by atoms with van der Waals surface area (Å²) in [5.41, 5.74) is 0.854. The van der Waals surface area contributed by atoms with Crippen LogP contribution in [0.15, 0.2) is 40.5 Å². The van der Waals surface area contributed by atoms with Crippen LogP contribution in [0.2, 0.25) is 0 Å². The lowest BCUT2D eigenvalue weighted by Gasteiger charge is -2.31. The molecular weight excluding hydrogens is 384 g/mol. The summed E-state index contributed by atoms with van der Waals surface area (Å²) in [6, 6.07) is 5.61. The first-order valence-corrected chi connectivity index (χ1v) is 8.56. The SMILES string of the molecule is COC(=O)C1C(C)=NC(C)=C(C(=O)OCOC(C)=O)C1c1cccc([N+](=O)[O-])c1. The summed E-state index contributed by atoms with van der Waals surface area (Å²) in [7, 11) is 1.20. The average Bonchev–Trinajstić information content (AvgIpc) is 2.66. The number of esters is 3. The van der Waals surface area contributed by atoms with E-state index in [9.17, 15) is 24.5 Å². The van der Waals surface area contributed by atoms with Crippen LogP contribution >= 0.6 is 0 Å². The third-order valence-electron chi connectivity index (χ3n) is 4.40. The third-order valence-corrected chi connectivity index (χ3v) is 4.40. The number of hydrogen-bond donors (Lipinski definition) is 0. The van der Waals surface area contributed by atoms with Crippen molar-refractivity contribution in [1.29, 1.82) is 0 Å². The zero-order valence-corrected chi connectivity index (χ0v) is 16.3. The number of hydrogen-bond acceptors (Lipinski definition) is 9. The fourth-order valence-corrected chi connectivity index (χ4v) is 3.17. The molecule has 1 aliphatic rings. The van der Waals surface area contributed by atoms with E-state index in [1.165, 1.54) is 25.3 Å². The maximum absolute atomic E-state index is 12.7. The molecule has 0 bridgehead atoms. The topological polar surface area (TPSA) is 134 Å². The van der Waals surface area contributed by atoms with Crippen molar-refractivity contribution >= 4 is 29.3 Å². The van der Waals surface area contributed by atoms with Crippen LogP contribution in [0, 0.1) is 16.0 Å². The molecule has 2 rings (SSSR count). The van der Waals surface area contributed by atoms with Crippen LogP contribution in [-0.2, 0) is 28.6 Å². The summed E-state index contributed by atoms with van der Waals surface area (Å²) in [6.45, 7) is 3.71. The first-order valence-electron chi connectivity index (χ1n) is 8.56. The van der Waals surface area contributed by atoms with E-state index in [1.54, 1.807) is 19.9 Å². The monoisotopic (exact) mass is 404 g/mol. The average molecular weight is 404 g/mol. The van der Waals surface area contributed by atoms with E-state index in [2.05, 4.69) is 9.73 Å². The largest absolute Gasteiger partial charge is 0.468 e. The highest BCUT2D eigenvalue weighted by atomic mass is 16.7. The van der Waals surface area contributed by atoms with Gasteiger partial charge in [0, 0.05) is 36.4 Å². The summed E-state index contributed by atoms with van der Waals surface area (Å²) < 4.78 is 14.5. The molecule has 1 aromatic carbocycles. The maximum Gasteiger partial charge on any atom is 0.339 e. The van der Waals surface area contributed by atoms with Crippen LogP contribution in [0.25, 0.3) is 0 Å². The van der Waals surface area contributed by atoms with Gasteiger partial charge in [-0.05, 0) is 19.4 Å².